The van der Waals surface area contributed by atoms with Crippen LogP contribution in [0.3, 0.4) is 0 Å². The smallest absolute Gasteiger partial charge is 0.316 e. The van der Waals surface area contributed by atoms with E-state index < -0.39 is 6.23 Å². The van der Waals surface area contributed by atoms with Gasteiger partial charge in [0.05, 0.1) is 6.10 Å². The zero-order valence-electron chi connectivity index (χ0n) is 8.74. The Hall–Kier alpha value is -0.850. The van der Waals surface area contributed by atoms with E-state index in [1.807, 2.05) is 0 Å². The summed E-state index contributed by atoms with van der Waals surface area (Å²) in [6.45, 7) is 0.568. The van der Waals surface area contributed by atoms with Crippen LogP contribution in [0.1, 0.15) is 32.1 Å². The predicted octanol–water partition coefficient (Wildman–Crippen LogP) is -0.173. The molecule has 1 rings (SSSR count). The van der Waals surface area contributed by atoms with Crippen LogP contribution in [0.15, 0.2) is 0 Å². The number of amides is 2. The topological polar surface area (TPSA) is 96.6 Å². The van der Waals surface area contributed by atoms with E-state index in [1.165, 1.54) is 0 Å². The number of aliphatic hydroxyl groups is 1. The van der Waals surface area contributed by atoms with Crippen LogP contribution in [0.5, 0.6) is 0 Å². The lowest BCUT2D eigenvalue weighted by Crippen LogP contribution is -2.42. The average Bonchev–Trinajstić information content (AvgIpc) is 2.23. The third-order valence-corrected chi connectivity index (χ3v) is 2.48. The third kappa shape index (κ3) is 4.96. The highest BCUT2D eigenvalue weighted by Gasteiger charge is 2.13. The highest BCUT2D eigenvalue weighted by Crippen LogP contribution is 2.10. The van der Waals surface area contributed by atoms with E-state index in [4.69, 9.17) is 10.7 Å². The number of hydrogen-bond donors (Lipinski definition) is 4. The monoisotopic (exact) mass is 217 g/mol. The highest BCUT2D eigenvalue weighted by molar-refractivity contribution is 5.73. The Morgan fingerprint density at radius 1 is 1.33 bits per heavy atom. The molecule has 2 atom stereocenters. The summed E-state index contributed by atoms with van der Waals surface area (Å²) in [5.41, 5.74) is 0. The Bertz CT molecular complexity index is 201. The lowest BCUT2D eigenvalue weighted by molar-refractivity contribution is 0.0356. The largest absolute Gasteiger partial charge is 0.374 e. The van der Waals surface area contributed by atoms with Crippen molar-refractivity contribution in [2.75, 3.05) is 6.54 Å². The molecule has 0 spiro atoms. The minimum Gasteiger partial charge on any atom is -0.374 e. The van der Waals surface area contributed by atoms with Crippen LogP contribution in [0.25, 0.3) is 0 Å². The van der Waals surface area contributed by atoms with Crippen LogP contribution < -0.4 is 16.5 Å². The van der Waals surface area contributed by atoms with Gasteiger partial charge in [0.15, 0.2) is 0 Å². The molecule has 0 aromatic rings. The molecular formula is C9H19N3O3. The number of carbonyl (C=O) groups is 1. The second-order valence-corrected chi connectivity index (χ2v) is 3.75. The molecule has 0 bridgehead atoms. The Morgan fingerprint density at radius 3 is 2.80 bits per heavy atom. The van der Waals surface area contributed by atoms with Crippen molar-refractivity contribution in [1.29, 1.82) is 0 Å². The van der Waals surface area contributed by atoms with Crippen LogP contribution in [0, 0.1) is 0 Å². The maximum absolute atomic E-state index is 11.1. The molecule has 1 fully saturated rings. The van der Waals surface area contributed by atoms with E-state index in [9.17, 15) is 9.90 Å². The molecule has 5 N–H and O–H groups in total. The minimum atomic E-state index is -0.790. The molecule has 0 radical (unpaired) electrons. The van der Waals surface area contributed by atoms with Gasteiger partial charge >= 0.3 is 6.03 Å². The molecule has 2 amide bonds. The molecule has 1 heterocycles. The number of hydrogen-bond acceptors (Lipinski definition) is 4. The number of nitrogens with one attached hydrogen (secondary N) is 2. The van der Waals surface area contributed by atoms with Crippen LogP contribution in [-0.2, 0) is 4.84 Å². The fraction of sp³-hybridized carbons (Fsp3) is 0.889. The summed E-state index contributed by atoms with van der Waals surface area (Å²) in [5.74, 6) is 5.15. The van der Waals surface area contributed by atoms with Crippen molar-refractivity contribution in [3.05, 3.63) is 0 Å². The van der Waals surface area contributed by atoms with E-state index in [0.29, 0.717) is 13.0 Å². The molecule has 2 unspecified atom stereocenters. The standard InChI is InChI=1S/C9H19N3O3/c10-15-7-3-1-5-8(13)12-9(14)11-6-2-4-7/h7-8,13H,1-6,10H2,(H2,11,12,14). The molecule has 1 aliphatic heterocycles. The molecule has 6 heteroatoms. The Kier molecular flexibility index (Phi) is 5.38. The van der Waals surface area contributed by atoms with Crippen LogP contribution in [0.2, 0.25) is 0 Å². The van der Waals surface area contributed by atoms with Crippen molar-refractivity contribution >= 4 is 6.03 Å². The first-order valence-corrected chi connectivity index (χ1v) is 5.30. The van der Waals surface area contributed by atoms with Crippen molar-refractivity contribution in [2.24, 2.45) is 5.90 Å². The van der Waals surface area contributed by atoms with Gasteiger partial charge < -0.3 is 20.6 Å². The van der Waals surface area contributed by atoms with Gasteiger partial charge in [-0.2, -0.15) is 0 Å². The molecule has 6 nitrogen and oxygen atoms in total. The SMILES string of the molecule is NOC1CCCNC(=O)NC(O)CCC1. The zero-order valence-corrected chi connectivity index (χ0v) is 8.74. The Labute approximate surface area is 89.1 Å². The van der Waals surface area contributed by atoms with Crippen molar-refractivity contribution in [1.82, 2.24) is 10.6 Å². The van der Waals surface area contributed by atoms with E-state index in [-0.39, 0.29) is 12.1 Å². The molecule has 0 aliphatic carbocycles. The van der Waals surface area contributed by atoms with Gasteiger partial charge in [-0.15, -0.1) is 0 Å². The lowest BCUT2D eigenvalue weighted by atomic mass is 10.1. The third-order valence-electron chi connectivity index (χ3n) is 2.48. The maximum atomic E-state index is 11.1. The molecular weight excluding hydrogens is 198 g/mol. The van der Waals surface area contributed by atoms with Crippen molar-refractivity contribution in [3.63, 3.8) is 0 Å². The van der Waals surface area contributed by atoms with Gasteiger partial charge in [-0.25, -0.2) is 10.7 Å². The normalized spacial score (nSPS) is 29.9. The van der Waals surface area contributed by atoms with Crippen molar-refractivity contribution in [3.8, 4) is 0 Å². The minimum absolute atomic E-state index is 0.0206. The summed E-state index contributed by atoms with van der Waals surface area (Å²) in [5, 5.41) is 14.5. The molecule has 0 aromatic carbocycles. The lowest BCUT2D eigenvalue weighted by Gasteiger charge is -2.14. The fourth-order valence-corrected chi connectivity index (χ4v) is 1.63. The summed E-state index contributed by atoms with van der Waals surface area (Å²) in [6.07, 6.45) is 2.99. The second-order valence-electron chi connectivity index (χ2n) is 3.75. The van der Waals surface area contributed by atoms with E-state index >= 15 is 0 Å². The average molecular weight is 217 g/mol. The van der Waals surface area contributed by atoms with Gasteiger partial charge in [-0.3, -0.25) is 0 Å². The van der Waals surface area contributed by atoms with Gasteiger partial charge in [0.25, 0.3) is 0 Å². The number of urea groups is 1. The first-order chi connectivity index (χ1) is 7.22. The number of rotatable bonds is 1. The molecule has 1 aliphatic rings. The summed E-state index contributed by atoms with van der Waals surface area (Å²) < 4.78 is 0. The van der Waals surface area contributed by atoms with Gasteiger partial charge in [0, 0.05) is 6.54 Å². The molecule has 15 heavy (non-hydrogen) atoms. The maximum Gasteiger partial charge on any atom is 0.316 e. The Balaban J connectivity index is 2.39. The number of aliphatic hydroxyl groups excluding tert-OH is 1. The fourth-order valence-electron chi connectivity index (χ4n) is 1.63. The van der Waals surface area contributed by atoms with Crippen molar-refractivity contribution in [2.45, 2.75) is 44.4 Å². The van der Waals surface area contributed by atoms with Gasteiger partial charge in [-0.1, -0.05) is 0 Å². The summed E-state index contributed by atoms with van der Waals surface area (Å²) >= 11 is 0. The summed E-state index contributed by atoms with van der Waals surface area (Å²) in [6, 6.07) is -0.324. The summed E-state index contributed by atoms with van der Waals surface area (Å²) in [7, 11) is 0. The first kappa shape index (κ1) is 12.2. The Morgan fingerprint density at radius 2 is 2.07 bits per heavy atom. The van der Waals surface area contributed by atoms with E-state index in [2.05, 4.69) is 10.6 Å². The van der Waals surface area contributed by atoms with Crippen molar-refractivity contribution < 1.29 is 14.7 Å². The van der Waals surface area contributed by atoms with Gasteiger partial charge in [0.2, 0.25) is 0 Å². The second kappa shape index (κ2) is 6.60. The van der Waals surface area contributed by atoms with Crippen LogP contribution in [0.4, 0.5) is 4.79 Å². The van der Waals surface area contributed by atoms with E-state index in [1.54, 1.807) is 0 Å². The van der Waals surface area contributed by atoms with Crippen LogP contribution >= 0.6 is 0 Å². The summed E-state index contributed by atoms with van der Waals surface area (Å²) in [4.78, 5) is 15.9. The molecule has 88 valence electrons. The van der Waals surface area contributed by atoms with E-state index in [0.717, 1.165) is 25.7 Å². The quantitative estimate of drug-likeness (QED) is 0.458. The zero-order chi connectivity index (χ0) is 11.1. The number of nitrogens with two attached hydrogens (primary N) is 1. The predicted molar refractivity (Wildman–Crippen MR) is 54.7 cm³/mol. The molecule has 0 aromatic heterocycles. The van der Waals surface area contributed by atoms with Crippen LogP contribution in [-0.4, -0.2) is 30.0 Å². The molecule has 1 saturated heterocycles. The number of carbonyl (C=O) groups excluding carboxylic acids is 1. The van der Waals surface area contributed by atoms with Gasteiger partial charge in [0.1, 0.15) is 6.23 Å². The molecule has 0 saturated carbocycles. The highest BCUT2D eigenvalue weighted by atomic mass is 16.6. The first-order valence-electron chi connectivity index (χ1n) is 5.30. The van der Waals surface area contributed by atoms with Gasteiger partial charge in [-0.05, 0) is 32.1 Å².